The molecule has 1 aliphatic carbocycles. The Morgan fingerprint density at radius 3 is 2.87 bits per heavy atom. The predicted octanol–water partition coefficient (Wildman–Crippen LogP) is 4.66. The number of hydrogen-bond donors (Lipinski definition) is 1. The van der Waals surface area contributed by atoms with Crippen molar-refractivity contribution in [3.8, 4) is 0 Å². The maximum absolute atomic E-state index is 6.34. The molecule has 122 valence electrons. The highest BCUT2D eigenvalue weighted by Gasteiger charge is 2.41. The van der Waals surface area contributed by atoms with Crippen molar-refractivity contribution in [3.05, 3.63) is 56.7 Å². The van der Waals surface area contributed by atoms with Gasteiger partial charge < -0.3 is 5.32 Å². The molecule has 0 radical (unpaired) electrons. The molecule has 0 saturated carbocycles. The molecule has 1 aliphatic heterocycles. The highest BCUT2D eigenvalue weighted by molar-refractivity contribution is 7.08. The second kappa shape index (κ2) is 5.89. The molecule has 1 aromatic carbocycles. The number of fused-ring (bicyclic) bond motifs is 1. The Hall–Kier alpha value is -0.870. The summed E-state index contributed by atoms with van der Waals surface area (Å²) in [5.41, 5.74) is 4.52. The van der Waals surface area contributed by atoms with E-state index in [9.17, 15) is 0 Å². The zero-order valence-corrected chi connectivity index (χ0v) is 15.3. The van der Waals surface area contributed by atoms with E-state index in [1.165, 1.54) is 16.7 Å². The standard InChI is InChI=1S/C19H23ClN2S/c1-19(2)12-21-6-7-22(19)18-10-16(13-5-8-23-11-13)15-4-3-14(20)9-17(15)18/h3-5,8-9,11,16,18,21H,6-7,10,12H2,1-2H3. The number of rotatable bonds is 2. The van der Waals surface area contributed by atoms with E-state index in [4.69, 9.17) is 11.6 Å². The topological polar surface area (TPSA) is 15.3 Å². The quantitative estimate of drug-likeness (QED) is 0.850. The zero-order valence-electron chi connectivity index (χ0n) is 13.7. The van der Waals surface area contributed by atoms with Crippen molar-refractivity contribution in [2.75, 3.05) is 19.6 Å². The Balaban J connectivity index is 1.76. The predicted molar refractivity (Wildman–Crippen MR) is 98.6 cm³/mol. The van der Waals surface area contributed by atoms with Crippen molar-refractivity contribution < 1.29 is 0 Å². The van der Waals surface area contributed by atoms with Crippen molar-refractivity contribution in [2.45, 2.75) is 37.8 Å². The Labute approximate surface area is 147 Å². The van der Waals surface area contributed by atoms with E-state index >= 15 is 0 Å². The molecule has 2 aromatic rings. The van der Waals surface area contributed by atoms with Crippen LogP contribution in [0.2, 0.25) is 5.02 Å². The summed E-state index contributed by atoms with van der Waals surface area (Å²) >= 11 is 8.13. The van der Waals surface area contributed by atoms with Gasteiger partial charge in [-0.1, -0.05) is 17.7 Å². The fraction of sp³-hybridized carbons (Fsp3) is 0.474. The number of benzene rings is 1. The van der Waals surface area contributed by atoms with Crippen molar-refractivity contribution in [3.63, 3.8) is 0 Å². The second-order valence-electron chi connectivity index (χ2n) is 7.32. The van der Waals surface area contributed by atoms with E-state index < -0.39 is 0 Å². The zero-order chi connectivity index (χ0) is 16.0. The largest absolute Gasteiger partial charge is 0.314 e. The first-order chi connectivity index (χ1) is 11.1. The summed E-state index contributed by atoms with van der Waals surface area (Å²) in [4.78, 5) is 2.69. The molecule has 1 aromatic heterocycles. The minimum absolute atomic E-state index is 0.173. The molecule has 23 heavy (non-hydrogen) atoms. The lowest BCUT2D eigenvalue weighted by Crippen LogP contribution is -2.58. The lowest BCUT2D eigenvalue weighted by Gasteiger charge is -2.46. The van der Waals surface area contributed by atoms with Gasteiger partial charge in [-0.05, 0) is 65.9 Å². The van der Waals surface area contributed by atoms with Crippen LogP contribution in [0.4, 0.5) is 0 Å². The maximum atomic E-state index is 6.34. The molecule has 2 atom stereocenters. The van der Waals surface area contributed by atoms with Crippen LogP contribution in [0.25, 0.3) is 0 Å². The first-order valence-corrected chi connectivity index (χ1v) is 9.67. The molecule has 1 N–H and O–H groups in total. The van der Waals surface area contributed by atoms with Crippen molar-refractivity contribution in [1.82, 2.24) is 10.2 Å². The molecular weight excluding hydrogens is 324 g/mol. The van der Waals surface area contributed by atoms with Gasteiger partial charge in [0.15, 0.2) is 0 Å². The van der Waals surface area contributed by atoms with Gasteiger partial charge >= 0.3 is 0 Å². The van der Waals surface area contributed by atoms with Crippen LogP contribution in [0, 0.1) is 0 Å². The SMILES string of the molecule is CC1(C)CNCCN1C1CC(c2ccsc2)c2ccc(Cl)cc21. The van der Waals surface area contributed by atoms with Crippen molar-refractivity contribution in [1.29, 1.82) is 0 Å². The van der Waals surface area contributed by atoms with Gasteiger partial charge in [-0.25, -0.2) is 0 Å². The second-order valence-corrected chi connectivity index (χ2v) is 8.53. The maximum Gasteiger partial charge on any atom is 0.0409 e. The Morgan fingerprint density at radius 2 is 2.13 bits per heavy atom. The fourth-order valence-corrected chi connectivity index (χ4v) is 5.18. The number of piperazine rings is 1. The molecule has 0 spiro atoms. The number of nitrogens with one attached hydrogen (secondary N) is 1. The van der Waals surface area contributed by atoms with Crippen LogP contribution in [0.3, 0.4) is 0 Å². The van der Waals surface area contributed by atoms with Gasteiger partial charge in [0, 0.05) is 42.2 Å². The molecule has 4 heteroatoms. The van der Waals surface area contributed by atoms with Gasteiger partial charge in [0.1, 0.15) is 0 Å². The average molecular weight is 347 g/mol. The highest BCUT2D eigenvalue weighted by atomic mass is 35.5. The minimum Gasteiger partial charge on any atom is -0.314 e. The average Bonchev–Trinajstić information content (AvgIpc) is 3.14. The third-order valence-electron chi connectivity index (χ3n) is 5.43. The van der Waals surface area contributed by atoms with E-state index in [1.54, 1.807) is 11.3 Å². The number of hydrogen-bond acceptors (Lipinski definition) is 3. The van der Waals surface area contributed by atoms with Crippen LogP contribution >= 0.6 is 22.9 Å². The molecule has 2 unspecified atom stereocenters. The van der Waals surface area contributed by atoms with Crippen molar-refractivity contribution >= 4 is 22.9 Å². The van der Waals surface area contributed by atoms with Crippen LogP contribution < -0.4 is 5.32 Å². The molecule has 0 bridgehead atoms. The molecule has 1 fully saturated rings. The Morgan fingerprint density at radius 1 is 1.26 bits per heavy atom. The number of halogens is 1. The summed E-state index contributed by atoms with van der Waals surface area (Å²) in [5.74, 6) is 0.504. The van der Waals surface area contributed by atoms with E-state index in [2.05, 4.69) is 53.0 Å². The van der Waals surface area contributed by atoms with E-state index in [-0.39, 0.29) is 5.54 Å². The lowest BCUT2D eigenvalue weighted by molar-refractivity contribution is 0.0435. The van der Waals surface area contributed by atoms with Gasteiger partial charge in [0.05, 0.1) is 0 Å². The van der Waals surface area contributed by atoms with Gasteiger partial charge in [-0.3, -0.25) is 4.90 Å². The van der Waals surface area contributed by atoms with Crippen LogP contribution in [0.5, 0.6) is 0 Å². The molecule has 0 amide bonds. The van der Waals surface area contributed by atoms with E-state index in [1.807, 2.05) is 6.07 Å². The number of nitrogens with zero attached hydrogens (tertiary/aromatic N) is 1. The van der Waals surface area contributed by atoms with Crippen molar-refractivity contribution in [2.24, 2.45) is 0 Å². The van der Waals surface area contributed by atoms with Gasteiger partial charge in [0.25, 0.3) is 0 Å². The summed E-state index contributed by atoms with van der Waals surface area (Å²) < 4.78 is 0. The summed E-state index contributed by atoms with van der Waals surface area (Å²) in [6, 6.07) is 9.23. The summed E-state index contributed by atoms with van der Waals surface area (Å²) in [6.45, 7) is 7.91. The Bertz CT molecular complexity index is 695. The molecule has 2 nitrogen and oxygen atoms in total. The first-order valence-electron chi connectivity index (χ1n) is 8.35. The summed E-state index contributed by atoms with van der Waals surface area (Å²) in [7, 11) is 0. The van der Waals surface area contributed by atoms with Gasteiger partial charge in [-0.2, -0.15) is 11.3 Å². The Kier molecular flexibility index (Phi) is 4.01. The third-order valence-corrected chi connectivity index (χ3v) is 6.37. The first kappa shape index (κ1) is 15.6. The van der Waals surface area contributed by atoms with E-state index in [0.717, 1.165) is 31.1 Å². The van der Waals surface area contributed by atoms with Crippen LogP contribution in [-0.2, 0) is 0 Å². The number of thiophene rings is 1. The summed E-state index contributed by atoms with van der Waals surface area (Å²) in [6.07, 6.45) is 1.16. The molecular formula is C19H23ClN2S. The molecule has 4 rings (SSSR count). The van der Waals surface area contributed by atoms with E-state index in [0.29, 0.717) is 12.0 Å². The van der Waals surface area contributed by atoms with Crippen LogP contribution in [-0.4, -0.2) is 30.1 Å². The lowest BCUT2D eigenvalue weighted by atomic mass is 9.94. The van der Waals surface area contributed by atoms with Crippen LogP contribution in [0.1, 0.15) is 48.9 Å². The molecule has 1 saturated heterocycles. The molecule has 2 heterocycles. The van der Waals surface area contributed by atoms with Gasteiger partial charge in [0.2, 0.25) is 0 Å². The highest BCUT2D eigenvalue weighted by Crippen LogP contribution is 2.49. The monoisotopic (exact) mass is 346 g/mol. The van der Waals surface area contributed by atoms with Gasteiger partial charge in [-0.15, -0.1) is 0 Å². The fourth-order valence-electron chi connectivity index (χ4n) is 4.29. The smallest absolute Gasteiger partial charge is 0.0409 e. The summed E-state index contributed by atoms with van der Waals surface area (Å²) in [5, 5.41) is 8.88. The molecule has 2 aliphatic rings. The minimum atomic E-state index is 0.173. The normalized spacial score (nSPS) is 27.1. The third kappa shape index (κ3) is 2.74. The van der Waals surface area contributed by atoms with Crippen LogP contribution in [0.15, 0.2) is 35.0 Å².